The number of rotatable bonds is 4. The Kier molecular flexibility index (Phi) is 6.90. The van der Waals surface area contributed by atoms with Crippen LogP contribution in [0.1, 0.15) is 13.8 Å². The van der Waals surface area contributed by atoms with Crippen LogP contribution in [0.3, 0.4) is 0 Å². The minimum Gasteiger partial charge on any atom is -0.486 e. The molecule has 0 rings (SSSR count). The third-order valence-electron chi connectivity index (χ3n) is 1.14. The Morgan fingerprint density at radius 3 is 1.50 bits per heavy atom. The van der Waals surface area contributed by atoms with E-state index in [1.54, 1.807) is 52.1 Å². The Balaban J connectivity index is 4.13. The van der Waals surface area contributed by atoms with Gasteiger partial charge in [-0.15, -0.1) is 10.2 Å². The second kappa shape index (κ2) is 7.34. The zero-order valence-electron chi connectivity index (χ0n) is 10.5. The Labute approximate surface area is 103 Å². The third kappa shape index (κ3) is 8.36. The average molecular weight is 266 g/mol. The van der Waals surface area contributed by atoms with E-state index in [0.717, 1.165) is 0 Å². The summed E-state index contributed by atoms with van der Waals surface area (Å²) in [6.45, 7) is 3.43. The van der Waals surface area contributed by atoms with Gasteiger partial charge in [-0.25, -0.2) is 0 Å². The smallest absolute Gasteiger partial charge is 0.486 e. The summed E-state index contributed by atoms with van der Waals surface area (Å²) in [7, 11) is 5.27. The number of nitrogens with zero attached hydrogens (tertiary/aromatic N) is 4. The molecule has 0 aromatic rings. The summed E-state index contributed by atoms with van der Waals surface area (Å²) in [6, 6.07) is 0. The molecule has 0 aliphatic heterocycles. The summed E-state index contributed by atoms with van der Waals surface area (Å²) >= 11 is 5.90. The normalized spacial score (nSPS) is 12.8. The SMILES string of the molecule is C/C(=N\N(C)C)O[Si](Cl)O/C(C)=N/N(C)C. The first kappa shape index (κ1) is 15.0. The van der Waals surface area contributed by atoms with E-state index in [0.29, 0.717) is 11.8 Å². The van der Waals surface area contributed by atoms with Gasteiger partial charge in [0.25, 0.3) is 0 Å². The predicted octanol–water partition coefficient (Wildman–Crippen LogP) is 1.03. The molecule has 0 spiro atoms. The Bertz CT molecular complexity index is 245. The molecule has 1 radical (unpaired) electrons. The van der Waals surface area contributed by atoms with Crippen LogP contribution in [0.25, 0.3) is 0 Å². The fourth-order valence-corrected chi connectivity index (χ4v) is 2.11. The summed E-state index contributed by atoms with van der Waals surface area (Å²) < 4.78 is 10.5. The van der Waals surface area contributed by atoms with Crippen molar-refractivity contribution in [2.45, 2.75) is 13.8 Å². The van der Waals surface area contributed by atoms with E-state index in [2.05, 4.69) is 10.2 Å². The Morgan fingerprint density at radius 1 is 0.938 bits per heavy atom. The van der Waals surface area contributed by atoms with Gasteiger partial charge in [-0.3, -0.25) is 10.0 Å². The number of hydrogen-bond acceptors (Lipinski definition) is 6. The van der Waals surface area contributed by atoms with Crippen molar-refractivity contribution in [2.75, 3.05) is 28.2 Å². The fourth-order valence-electron chi connectivity index (χ4n) is 0.857. The van der Waals surface area contributed by atoms with Gasteiger partial charge in [0.05, 0.1) is 0 Å². The molecule has 0 heterocycles. The summed E-state index contributed by atoms with van der Waals surface area (Å²) in [6.07, 6.45) is 0. The van der Waals surface area contributed by atoms with Gasteiger partial charge >= 0.3 is 8.59 Å². The van der Waals surface area contributed by atoms with Crippen LogP contribution in [0.5, 0.6) is 0 Å². The van der Waals surface area contributed by atoms with E-state index in [-0.39, 0.29) is 0 Å². The van der Waals surface area contributed by atoms with E-state index in [1.807, 2.05) is 0 Å². The maximum atomic E-state index is 5.90. The average Bonchev–Trinajstić information content (AvgIpc) is 1.97. The minimum atomic E-state index is -1.92. The van der Waals surface area contributed by atoms with Gasteiger partial charge in [-0.1, -0.05) is 11.1 Å². The summed E-state index contributed by atoms with van der Waals surface area (Å²) in [4.78, 5) is 0. The largest absolute Gasteiger partial charge is 0.659 e. The van der Waals surface area contributed by atoms with E-state index in [1.165, 1.54) is 0 Å². The zero-order valence-corrected chi connectivity index (χ0v) is 12.2. The monoisotopic (exact) mass is 265 g/mol. The second-order valence-electron chi connectivity index (χ2n) is 3.37. The van der Waals surface area contributed by atoms with Crippen molar-refractivity contribution in [3.05, 3.63) is 0 Å². The lowest BCUT2D eigenvalue weighted by atomic mass is 10.8. The molecule has 0 saturated carbocycles. The van der Waals surface area contributed by atoms with Crippen LogP contribution < -0.4 is 0 Å². The highest BCUT2D eigenvalue weighted by Crippen LogP contribution is 1.99. The zero-order chi connectivity index (χ0) is 12.7. The van der Waals surface area contributed by atoms with E-state index in [9.17, 15) is 0 Å². The van der Waals surface area contributed by atoms with Gasteiger partial charge in [0.1, 0.15) is 0 Å². The van der Waals surface area contributed by atoms with Crippen molar-refractivity contribution in [3.63, 3.8) is 0 Å². The van der Waals surface area contributed by atoms with Crippen molar-refractivity contribution in [1.29, 1.82) is 0 Å². The van der Waals surface area contributed by atoms with Crippen LogP contribution in [0.15, 0.2) is 10.2 Å². The van der Waals surface area contributed by atoms with Gasteiger partial charge in [-0.2, -0.15) is 0 Å². The molecule has 6 nitrogen and oxygen atoms in total. The first-order chi connectivity index (χ1) is 7.31. The lowest BCUT2D eigenvalue weighted by Crippen LogP contribution is -2.24. The summed E-state index contributed by atoms with van der Waals surface area (Å²) in [5.41, 5.74) is 0. The van der Waals surface area contributed by atoms with Crippen LogP contribution in [-0.4, -0.2) is 58.6 Å². The molecule has 8 heteroatoms. The second-order valence-corrected chi connectivity index (χ2v) is 5.18. The maximum absolute atomic E-state index is 5.90. The number of hydrogen-bond donors (Lipinski definition) is 0. The topological polar surface area (TPSA) is 49.7 Å². The molecule has 0 aromatic carbocycles. The summed E-state index contributed by atoms with van der Waals surface area (Å²) in [5.74, 6) is 0.929. The predicted molar refractivity (Wildman–Crippen MR) is 67.4 cm³/mol. The molecule has 16 heavy (non-hydrogen) atoms. The maximum Gasteiger partial charge on any atom is 0.659 e. The highest BCUT2D eigenvalue weighted by Gasteiger charge is 2.19. The molecule has 0 atom stereocenters. The van der Waals surface area contributed by atoms with Gasteiger partial charge in [-0.05, 0) is 0 Å². The van der Waals surface area contributed by atoms with Gasteiger partial charge < -0.3 is 8.85 Å². The van der Waals surface area contributed by atoms with Crippen LogP contribution in [0, 0.1) is 0 Å². The molecule has 0 amide bonds. The molecule has 93 valence electrons. The van der Waals surface area contributed by atoms with E-state index < -0.39 is 8.59 Å². The first-order valence-corrected chi connectivity index (χ1v) is 6.97. The van der Waals surface area contributed by atoms with Crippen molar-refractivity contribution in [3.8, 4) is 0 Å². The third-order valence-corrected chi connectivity index (χ3v) is 2.51. The Morgan fingerprint density at radius 2 is 1.25 bits per heavy atom. The lowest BCUT2D eigenvalue weighted by molar-refractivity contribution is 0.375. The fraction of sp³-hybridized carbons (Fsp3) is 0.750. The quantitative estimate of drug-likeness (QED) is 0.251. The lowest BCUT2D eigenvalue weighted by Gasteiger charge is -2.13. The van der Waals surface area contributed by atoms with Crippen LogP contribution in [0.2, 0.25) is 0 Å². The van der Waals surface area contributed by atoms with Crippen molar-refractivity contribution >= 4 is 31.5 Å². The molecule has 0 N–H and O–H groups in total. The molecule has 0 aliphatic carbocycles. The minimum absolute atomic E-state index is 0.464. The van der Waals surface area contributed by atoms with Crippen molar-refractivity contribution in [1.82, 2.24) is 10.0 Å². The highest BCUT2D eigenvalue weighted by molar-refractivity contribution is 7.00. The van der Waals surface area contributed by atoms with Gasteiger partial charge in [0.15, 0.2) is 11.8 Å². The Hall–Kier alpha value is -0.953. The first-order valence-electron chi connectivity index (χ1n) is 4.64. The standard InChI is InChI=1S/C8H18ClN4O2Si/c1-7(10-12(3)4)14-16(9)15-8(2)11-13(5)6/h1-6H3/b10-7+,11-8+. The molecule has 0 saturated heterocycles. The number of halogens is 1. The van der Waals surface area contributed by atoms with Gasteiger partial charge in [0.2, 0.25) is 0 Å². The summed E-state index contributed by atoms with van der Waals surface area (Å²) in [5, 5.41) is 11.3. The van der Waals surface area contributed by atoms with Crippen LogP contribution in [0.4, 0.5) is 0 Å². The molecular formula is C8H18ClN4O2Si. The highest BCUT2D eigenvalue weighted by atomic mass is 35.6. The van der Waals surface area contributed by atoms with Crippen molar-refractivity contribution in [2.24, 2.45) is 10.2 Å². The van der Waals surface area contributed by atoms with Crippen molar-refractivity contribution < 1.29 is 8.85 Å². The van der Waals surface area contributed by atoms with E-state index in [4.69, 9.17) is 19.9 Å². The van der Waals surface area contributed by atoms with Gasteiger partial charge in [0, 0.05) is 42.0 Å². The number of hydrazone groups is 2. The molecular weight excluding hydrogens is 248 g/mol. The molecule has 0 unspecified atom stereocenters. The van der Waals surface area contributed by atoms with E-state index >= 15 is 0 Å². The molecule has 0 aromatic heterocycles. The van der Waals surface area contributed by atoms with Crippen LogP contribution >= 0.6 is 11.1 Å². The van der Waals surface area contributed by atoms with Crippen LogP contribution in [-0.2, 0) is 8.85 Å². The molecule has 0 fully saturated rings. The molecule has 0 aliphatic rings. The molecule has 0 bridgehead atoms.